The lowest BCUT2D eigenvalue weighted by Gasteiger charge is -2.05. The zero-order chi connectivity index (χ0) is 10.0. The first-order valence-electron chi connectivity index (χ1n) is 3.88. The summed E-state index contributed by atoms with van der Waals surface area (Å²) in [6.07, 6.45) is 1.49. The zero-order valence-corrected chi connectivity index (χ0v) is 7.48. The molecule has 1 aromatic rings. The van der Waals surface area contributed by atoms with Gasteiger partial charge < -0.3 is 10.8 Å². The maximum atomic E-state index is 10.6. The smallest absolute Gasteiger partial charge is 0.358 e. The molecule has 0 aliphatic heterocycles. The average molecular weight is 181 g/mol. The molecule has 0 atom stereocenters. The first kappa shape index (κ1) is 9.44. The Morgan fingerprint density at radius 3 is 2.69 bits per heavy atom. The summed E-state index contributed by atoms with van der Waals surface area (Å²) in [4.78, 5) is 18.3. The number of nitrogens with zero attached hydrogens (tertiary/aromatic N) is 2. The van der Waals surface area contributed by atoms with E-state index in [1.165, 1.54) is 6.20 Å². The van der Waals surface area contributed by atoms with Crippen molar-refractivity contribution in [1.29, 1.82) is 0 Å². The van der Waals surface area contributed by atoms with E-state index in [-0.39, 0.29) is 17.4 Å². The number of hydrogen-bond donors (Lipinski definition) is 2. The van der Waals surface area contributed by atoms with Crippen molar-refractivity contribution in [2.24, 2.45) is 0 Å². The van der Waals surface area contributed by atoms with Crippen LogP contribution in [0.3, 0.4) is 0 Å². The number of aromatic nitrogens is 2. The molecule has 0 aromatic carbocycles. The number of carboxylic acids is 1. The molecule has 3 N–H and O–H groups in total. The summed E-state index contributed by atoms with van der Waals surface area (Å²) in [6.45, 7) is 3.82. The lowest BCUT2D eigenvalue weighted by Crippen LogP contribution is -2.10. The zero-order valence-electron chi connectivity index (χ0n) is 7.48. The van der Waals surface area contributed by atoms with Gasteiger partial charge >= 0.3 is 5.97 Å². The fourth-order valence-corrected chi connectivity index (χ4v) is 0.848. The summed E-state index contributed by atoms with van der Waals surface area (Å²) in [5, 5.41) is 8.69. The molecule has 0 saturated heterocycles. The van der Waals surface area contributed by atoms with Crippen molar-refractivity contribution < 1.29 is 9.90 Å². The minimum absolute atomic E-state index is 0.0445. The second kappa shape index (κ2) is 3.38. The second-order valence-corrected chi connectivity index (χ2v) is 2.99. The van der Waals surface area contributed by atoms with Gasteiger partial charge in [0, 0.05) is 0 Å². The molecule has 5 nitrogen and oxygen atoms in total. The first-order chi connectivity index (χ1) is 6.02. The van der Waals surface area contributed by atoms with E-state index in [1.807, 2.05) is 13.8 Å². The molecule has 1 aromatic heterocycles. The van der Waals surface area contributed by atoms with Crippen molar-refractivity contribution in [3.05, 3.63) is 17.6 Å². The summed E-state index contributed by atoms with van der Waals surface area (Å²) in [5.41, 5.74) is 5.79. The van der Waals surface area contributed by atoms with Gasteiger partial charge in [-0.25, -0.2) is 14.8 Å². The van der Waals surface area contributed by atoms with Gasteiger partial charge in [-0.1, -0.05) is 13.8 Å². The van der Waals surface area contributed by atoms with Gasteiger partial charge in [-0.3, -0.25) is 0 Å². The highest BCUT2D eigenvalue weighted by molar-refractivity contribution is 5.90. The maximum Gasteiger partial charge on any atom is 0.358 e. The quantitative estimate of drug-likeness (QED) is 0.706. The minimum atomic E-state index is -1.15. The third-order valence-corrected chi connectivity index (χ3v) is 1.61. The molecule has 13 heavy (non-hydrogen) atoms. The summed E-state index contributed by atoms with van der Waals surface area (Å²) in [6, 6.07) is 0. The molecule has 0 bridgehead atoms. The highest BCUT2D eigenvalue weighted by Gasteiger charge is 2.13. The minimum Gasteiger partial charge on any atom is -0.476 e. The monoisotopic (exact) mass is 181 g/mol. The fourth-order valence-electron chi connectivity index (χ4n) is 0.848. The number of carboxylic acid groups (broad SMARTS) is 1. The Morgan fingerprint density at radius 1 is 1.62 bits per heavy atom. The molecular formula is C8H11N3O2. The van der Waals surface area contributed by atoms with Crippen LogP contribution in [0.15, 0.2) is 6.20 Å². The lowest BCUT2D eigenvalue weighted by atomic mass is 10.1. The fraction of sp³-hybridized carbons (Fsp3) is 0.375. The van der Waals surface area contributed by atoms with Crippen molar-refractivity contribution in [3.8, 4) is 0 Å². The van der Waals surface area contributed by atoms with Crippen molar-refractivity contribution in [2.45, 2.75) is 19.8 Å². The van der Waals surface area contributed by atoms with Crippen LogP contribution in [0.25, 0.3) is 0 Å². The number of rotatable bonds is 2. The molecule has 0 aliphatic carbocycles. The lowest BCUT2D eigenvalue weighted by molar-refractivity contribution is 0.0691. The van der Waals surface area contributed by atoms with Crippen LogP contribution in [0.5, 0.6) is 0 Å². The molecule has 0 aliphatic rings. The molecule has 0 unspecified atom stereocenters. The van der Waals surface area contributed by atoms with Crippen LogP contribution < -0.4 is 5.73 Å². The highest BCUT2D eigenvalue weighted by atomic mass is 16.4. The highest BCUT2D eigenvalue weighted by Crippen LogP contribution is 2.13. The number of nitrogen functional groups attached to an aromatic ring is 1. The van der Waals surface area contributed by atoms with E-state index in [1.54, 1.807) is 0 Å². The van der Waals surface area contributed by atoms with E-state index in [0.29, 0.717) is 5.69 Å². The first-order valence-corrected chi connectivity index (χ1v) is 3.88. The molecular weight excluding hydrogens is 170 g/mol. The van der Waals surface area contributed by atoms with Crippen LogP contribution in [0.4, 0.5) is 5.82 Å². The van der Waals surface area contributed by atoms with Crippen LogP contribution in [-0.4, -0.2) is 21.0 Å². The third-order valence-electron chi connectivity index (χ3n) is 1.61. The van der Waals surface area contributed by atoms with Gasteiger partial charge in [0.05, 0.1) is 11.9 Å². The van der Waals surface area contributed by atoms with E-state index in [9.17, 15) is 4.79 Å². The normalized spacial score (nSPS) is 10.4. The maximum absolute atomic E-state index is 10.6. The Kier molecular flexibility index (Phi) is 2.46. The SMILES string of the molecule is CC(C)c1cnc(N)c(C(=O)O)n1. The van der Waals surface area contributed by atoms with Gasteiger partial charge in [0.2, 0.25) is 0 Å². The van der Waals surface area contributed by atoms with Crippen LogP contribution in [-0.2, 0) is 0 Å². The molecule has 1 rings (SSSR count). The molecule has 0 spiro atoms. The number of aromatic carboxylic acids is 1. The Hall–Kier alpha value is -1.65. The Balaban J connectivity index is 3.19. The van der Waals surface area contributed by atoms with E-state index in [2.05, 4.69) is 9.97 Å². The largest absolute Gasteiger partial charge is 0.476 e. The summed E-state index contributed by atoms with van der Waals surface area (Å²) in [5.74, 6) is -1.05. The molecule has 70 valence electrons. The average Bonchev–Trinajstić information content (AvgIpc) is 2.04. The van der Waals surface area contributed by atoms with Crippen molar-refractivity contribution in [3.63, 3.8) is 0 Å². The van der Waals surface area contributed by atoms with Crippen LogP contribution in [0.2, 0.25) is 0 Å². The summed E-state index contributed by atoms with van der Waals surface area (Å²) >= 11 is 0. The Morgan fingerprint density at radius 2 is 2.23 bits per heavy atom. The van der Waals surface area contributed by atoms with Gasteiger partial charge in [0.15, 0.2) is 11.5 Å². The van der Waals surface area contributed by atoms with Crippen LogP contribution in [0.1, 0.15) is 35.9 Å². The van der Waals surface area contributed by atoms with Crippen LogP contribution in [0, 0.1) is 0 Å². The van der Waals surface area contributed by atoms with Gasteiger partial charge in [-0.05, 0) is 5.92 Å². The van der Waals surface area contributed by atoms with Crippen molar-refractivity contribution in [1.82, 2.24) is 9.97 Å². The van der Waals surface area contributed by atoms with Crippen molar-refractivity contribution >= 4 is 11.8 Å². The topological polar surface area (TPSA) is 89.1 Å². The number of carbonyl (C=O) groups is 1. The van der Waals surface area contributed by atoms with E-state index >= 15 is 0 Å². The van der Waals surface area contributed by atoms with Gasteiger partial charge in [0.1, 0.15) is 0 Å². The van der Waals surface area contributed by atoms with E-state index < -0.39 is 5.97 Å². The third kappa shape index (κ3) is 1.93. The van der Waals surface area contributed by atoms with Gasteiger partial charge in [-0.2, -0.15) is 0 Å². The van der Waals surface area contributed by atoms with E-state index in [0.717, 1.165) is 0 Å². The number of nitrogens with two attached hydrogens (primary N) is 1. The summed E-state index contributed by atoms with van der Waals surface area (Å²) < 4.78 is 0. The molecule has 0 fully saturated rings. The summed E-state index contributed by atoms with van der Waals surface area (Å²) in [7, 11) is 0. The van der Waals surface area contributed by atoms with Crippen molar-refractivity contribution in [2.75, 3.05) is 5.73 Å². The van der Waals surface area contributed by atoms with Gasteiger partial charge in [-0.15, -0.1) is 0 Å². The number of hydrogen-bond acceptors (Lipinski definition) is 4. The second-order valence-electron chi connectivity index (χ2n) is 2.99. The van der Waals surface area contributed by atoms with Crippen LogP contribution >= 0.6 is 0 Å². The Bertz CT molecular complexity index is 336. The predicted octanol–water partition coefficient (Wildman–Crippen LogP) is 0.880. The molecule has 0 radical (unpaired) electrons. The number of anilines is 1. The standard InChI is InChI=1S/C8H11N3O2/c1-4(2)5-3-10-7(9)6(11-5)8(12)13/h3-4H,1-2H3,(H2,9,10)(H,12,13). The molecule has 1 heterocycles. The van der Waals surface area contributed by atoms with Gasteiger partial charge in [0.25, 0.3) is 0 Å². The molecule has 0 amide bonds. The Labute approximate surface area is 75.6 Å². The molecule has 0 saturated carbocycles. The van der Waals surface area contributed by atoms with E-state index in [4.69, 9.17) is 10.8 Å². The molecule has 5 heteroatoms. The predicted molar refractivity (Wildman–Crippen MR) is 47.5 cm³/mol.